The smallest absolute Gasteiger partial charge is 0.0666 e. The highest BCUT2D eigenvalue weighted by Crippen LogP contribution is 2.23. The molecule has 0 aromatic heterocycles. The van der Waals surface area contributed by atoms with E-state index in [1.807, 2.05) is 0 Å². The molecule has 0 saturated carbocycles. The molecular formula is C11H29N3Si. The molecule has 1 unspecified atom stereocenters. The minimum Gasteiger partial charge on any atom is -0.304 e. The van der Waals surface area contributed by atoms with E-state index in [2.05, 4.69) is 63.9 Å². The third kappa shape index (κ3) is 3.28. The van der Waals surface area contributed by atoms with Crippen molar-refractivity contribution >= 4 is 10.2 Å². The van der Waals surface area contributed by atoms with Gasteiger partial charge in [-0.25, -0.2) is 0 Å². The second-order valence-electron chi connectivity index (χ2n) is 5.15. The van der Waals surface area contributed by atoms with Crippen molar-refractivity contribution in [2.75, 3.05) is 42.3 Å². The molecule has 0 bridgehead atoms. The van der Waals surface area contributed by atoms with E-state index in [-0.39, 0.29) is 5.29 Å². The molecule has 0 heterocycles. The van der Waals surface area contributed by atoms with Crippen LogP contribution in [0.4, 0.5) is 0 Å². The van der Waals surface area contributed by atoms with Crippen LogP contribution in [0.5, 0.6) is 0 Å². The van der Waals surface area contributed by atoms with Crippen LogP contribution < -0.4 is 0 Å². The lowest BCUT2D eigenvalue weighted by Crippen LogP contribution is -2.66. The van der Waals surface area contributed by atoms with Gasteiger partial charge in [-0.2, -0.15) is 0 Å². The second kappa shape index (κ2) is 5.99. The molecule has 0 fully saturated rings. The van der Waals surface area contributed by atoms with Crippen LogP contribution in [0, 0.1) is 0 Å². The quantitative estimate of drug-likeness (QED) is 0.465. The molecular weight excluding hydrogens is 202 g/mol. The predicted molar refractivity (Wildman–Crippen MR) is 72.4 cm³/mol. The van der Waals surface area contributed by atoms with Crippen LogP contribution in [0.3, 0.4) is 0 Å². The van der Waals surface area contributed by atoms with E-state index in [1.165, 1.54) is 12.8 Å². The van der Waals surface area contributed by atoms with Crippen LogP contribution in [0.25, 0.3) is 0 Å². The van der Waals surface area contributed by atoms with E-state index in [9.17, 15) is 0 Å². The summed E-state index contributed by atoms with van der Waals surface area (Å²) in [5.74, 6) is 0. The van der Waals surface area contributed by atoms with Gasteiger partial charge in [0.1, 0.15) is 0 Å². The van der Waals surface area contributed by atoms with Gasteiger partial charge in [0.15, 0.2) is 0 Å². The highest BCUT2D eigenvalue weighted by molar-refractivity contribution is 6.15. The molecule has 0 aromatic rings. The summed E-state index contributed by atoms with van der Waals surface area (Å²) in [4.78, 5) is 7.12. The van der Waals surface area contributed by atoms with Crippen molar-refractivity contribution in [1.29, 1.82) is 0 Å². The predicted octanol–water partition coefficient (Wildman–Crippen LogP) is -0.141. The number of likely N-dealkylation sites (N-methyl/N-ethyl adjacent to an activating group) is 3. The zero-order valence-corrected chi connectivity index (χ0v) is 13.8. The zero-order chi connectivity index (χ0) is 12.2. The van der Waals surface area contributed by atoms with Gasteiger partial charge in [0.05, 0.1) is 5.29 Å². The maximum absolute atomic E-state index is 2.37. The molecule has 0 aromatic carbocycles. The van der Waals surface area contributed by atoms with Crippen molar-refractivity contribution in [3.63, 3.8) is 0 Å². The molecule has 0 aliphatic rings. The van der Waals surface area contributed by atoms with E-state index in [1.54, 1.807) is 0 Å². The Labute approximate surface area is 98.8 Å². The molecule has 0 spiro atoms. The fraction of sp³-hybridized carbons (Fsp3) is 1.00. The van der Waals surface area contributed by atoms with Gasteiger partial charge in [-0.3, -0.25) is 9.80 Å². The molecule has 0 amide bonds. The first-order valence-electron chi connectivity index (χ1n) is 5.79. The van der Waals surface area contributed by atoms with Gasteiger partial charge in [-0.1, -0.05) is 13.3 Å². The molecule has 15 heavy (non-hydrogen) atoms. The average molecular weight is 231 g/mol. The van der Waals surface area contributed by atoms with E-state index in [4.69, 9.17) is 0 Å². The Kier molecular flexibility index (Phi) is 6.03. The number of hydrogen-bond acceptors (Lipinski definition) is 3. The third-order valence-electron chi connectivity index (χ3n) is 3.63. The summed E-state index contributed by atoms with van der Waals surface area (Å²) in [7, 11) is 14.3. The van der Waals surface area contributed by atoms with Gasteiger partial charge in [-0.05, 0) is 48.7 Å². The summed E-state index contributed by atoms with van der Waals surface area (Å²) in [5, 5.41) is 0.222. The standard InChI is InChI=1S/C11H29N3Si/c1-8-9-10(12(2)3)11(15,13(4)5)14(6)7/h10H,8-9H2,1-7,15H3. The molecule has 3 nitrogen and oxygen atoms in total. The van der Waals surface area contributed by atoms with Crippen molar-refractivity contribution in [3.05, 3.63) is 0 Å². The summed E-state index contributed by atoms with van der Waals surface area (Å²) in [6.07, 6.45) is 2.50. The van der Waals surface area contributed by atoms with Crippen molar-refractivity contribution in [2.45, 2.75) is 31.1 Å². The summed E-state index contributed by atoms with van der Waals surface area (Å²) < 4.78 is 0. The van der Waals surface area contributed by atoms with Gasteiger partial charge in [0, 0.05) is 16.3 Å². The first-order chi connectivity index (χ1) is 6.78. The Hall–Kier alpha value is 0.0969. The normalized spacial score (nSPS) is 15.6. The summed E-state index contributed by atoms with van der Waals surface area (Å²) in [5.41, 5.74) is 0. The van der Waals surface area contributed by atoms with Gasteiger partial charge >= 0.3 is 0 Å². The van der Waals surface area contributed by atoms with Crippen LogP contribution >= 0.6 is 0 Å². The van der Waals surface area contributed by atoms with Gasteiger partial charge in [-0.15, -0.1) is 0 Å². The van der Waals surface area contributed by atoms with Crippen LogP contribution in [-0.2, 0) is 0 Å². The van der Waals surface area contributed by atoms with Crippen molar-refractivity contribution in [1.82, 2.24) is 14.7 Å². The van der Waals surface area contributed by atoms with Crippen molar-refractivity contribution < 1.29 is 0 Å². The number of nitrogens with zero attached hydrogens (tertiary/aromatic N) is 3. The van der Waals surface area contributed by atoms with E-state index in [0.717, 1.165) is 10.2 Å². The van der Waals surface area contributed by atoms with Crippen LogP contribution in [0.15, 0.2) is 0 Å². The molecule has 0 aliphatic heterocycles. The minimum atomic E-state index is 0.222. The average Bonchev–Trinajstić information content (AvgIpc) is 2.11. The second-order valence-corrected chi connectivity index (χ2v) is 6.62. The Morgan fingerprint density at radius 3 is 1.60 bits per heavy atom. The summed E-state index contributed by atoms with van der Waals surface area (Å²) in [6, 6.07) is 0.610. The van der Waals surface area contributed by atoms with Gasteiger partial charge in [0.2, 0.25) is 0 Å². The molecule has 4 heteroatoms. The lowest BCUT2D eigenvalue weighted by atomic mass is 10.1. The van der Waals surface area contributed by atoms with Gasteiger partial charge < -0.3 is 4.90 Å². The summed E-state index contributed by atoms with van der Waals surface area (Å²) in [6.45, 7) is 2.27. The Morgan fingerprint density at radius 2 is 1.40 bits per heavy atom. The van der Waals surface area contributed by atoms with Crippen molar-refractivity contribution in [3.8, 4) is 0 Å². The molecule has 1 atom stereocenters. The molecule has 0 aliphatic carbocycles. The summed E-state index contributed by atoms with van der Waals surface area (Å²) >= 11 is 0. The fourth-order valence-corrected chi connectivity index (χ4v) is 3.10. The van der Waals surface area contributed by atoms with Crippen molar-refractivity contribution in [2.24, 2.45) is 0 Å². The molecule has 92 valence electrons. The molecule has 0 N–H and O–H groups in total. The fourth-order valence-electron chi connectivity index (χ4n) is 2.29. The van der Waals surface area contributed by atoms with Crippen LogP contribution in [0.1, 0.15) is 19.8 Å². The van der Waals surface area contributed by atoms with E-state index in [0.29, 0.717) is 6.04 Å². The minimum absolute atomic E-state index is 0.222. The topological polar surface area (TPSA) is 9.72 Å². The first kappa shape index (κ1) is 15.1. The number of hydrogen-bond donors (Lipinski definition) is 0. The van der Waals surface area contributed by atoms with Crippen LogP contribution in [0.2, 0.25) is 0 Å². The zero-order valence-electron chi connectivity index (χ0n) is 11.8. The SMILES string of the molecule is CCCC(N(C)C)C([SiH3])(N(C)C)N(C)C. The van der Waals surface area contributed by atoms with Gasteiger partial charge in [0.25, 0.3) is 0 Å². The van der Waals surface area contributed by atoms with E-state index >= 15 is 0 Å². The van der Waals surface area contributed by atoms with Crippen LogP contribution in [-0.4, -0.2) is 78.6 Å². The lowest BCUT2D eigenvalue weighted by Gasteiger charge is -2.50. The maximum Gasteiger partial charge on any atom is 0.0666 e. The third-order valence-corrected chi connectivity index (χ3v) is 6.08. The molecule has 0 rings (SSSR count). The largest absolute Gasteiger partial charge is 0.304 e. The first-order valence-corrected chi connectivity index (χ1v) is 6.79. The molecule has 0 saturated heterocycles. The Morgan fingerprint density at radius 1 is 1.00 bits per heavy atom. The highest BCUT2D eigenvalue weighted by atomic mass is 28.1. The Balaban J connectivity index is 5.00. The number of rotatable bonds is 6. The monoisotopic (exact) mass is 231 g/mol. The maximum atomic E-state index is 2.37. The molecule has 0 radical (unpaired) electrons. The highest BCUT2D eigenvalue weighted by Gasteiger charge is 2.38. The lowest BCUT2D eigenvalue weighted by molar-refractivity contribution is 0.00420. The van der Waals surface area contributed by atoms with E-state index < -0.39 is 0 Å². The Bertz CT molecular complexity index is 173.